The Morgan fingerprint density at radius 2 is 2.00 bits per heavy atom. The van der Waals surface area contributed by atoms with Crippen molar-refractivity contribution in [2.45, 2.75) is 89.5 Å². The third kappa shape index (κ3) is 5.37. The Bertz CT molecular complexity index is 433. The monoisotopic (exact) mass is 326 g/mol. The van der Waals surface area contributed by atoms with Crippen LogP contribution in [0.3, 0.4) is 0 Å². The fraction of sp³-hybridized carbons (Fsp3) is 0.882. The Morgan fingerprint density at radius 3 is 2.70 bits per heavy atom. The molecule has 1 saturated heterocycles. The van der Waals surface area contributed by atoms with Crippen LogP contribution >= 0.6 is 0 Å². The van der Waals surface area contributed by atoms with Gasteiger partial charge in [0.25, 0.3) is 0 Å². The first kappa shape index (κ1) is 18.0. The number of nitrogens with one attached hydrogen (secondary N) is 1. The third-order valence-corrected chi connectivity index (χ3v) is 4.50. The molecule has 2 amide bonds. The summed E-state index contributed by atoms with van der Waals surface area (Å²) in [6.07, 6.45) is 4.48. The Morgan fingerprint density at radius 1 is 1.26 bits per heavy atom. The normalized spacial score (nSPS) is 29.8. The molecule has 2 rings (SSSR count). The summed E-state index contributed by atoms with van der Waals surface area (Å²) in [6, 6.07) is -0.299. The number of hydrogen-bond acceptors (Lipinski definition) is 4. The van der Waals surface area contributed by atoms with Gasteiger partial charge in [-0.2, -0.15) is 0 Å². The molecule has 6 heteroatoms. The van der Waals surface area contributed by atoms with Gasteiger partial charge in [-0.3, -0.25) is 4.79 Å². The van der Waals surface area contributed by atoms with Crippen LogP contribution in [0.15, 0.2) is 0 Å². The Kier molecular flexibility index (Phi) is 5.89. The third-order valence-electron chi connectivity index (χ3n) is 4.50. The molecule has 1 aliphatic heterocycles. The van der Waals surface area contributed by atoms with Crippen molar-refractivity contribution in [3.63, 3.8) is 0 Å². The summed E-state index contributed by atoms with van der Waals surface area (Å²) in [7, 11) is 0. The highest BCUT2D eigenvalue weighted by Crippen LogP contribution is 2.27. The van der Waals surface area contributed by atoms with Crippen LogP contribution in [0.5, 0.6) is 0 Å². The van der Waals surface area contributed by atoms with E-state index in [0.29, 0.717) is 32.2 Å². The van der Waals surface area contributed by atoms with Gasteiger partial charge in [0.1, 0.15) is 5.60 Å². The molecule has 0 radical (unpaired) electrons. The van der Waals surface area contributed by atoms with E-state index in [4.69, 9.17) is 4.74 Å². The van der Waals surface area contributed by atoms with Crippen LogP contribution in [-0.2, 0) is 9.53 Å². The highest BCUT2D eigenvalue weighted by atomic mass is 16.6. The minimum atomic E-state index is -0.549. The van der Waals surface area contributed by atoms with Gasteiger partial charge < -0.3 is 20.1 Å². The molecule has 132 valence electrons. The summed E-state index contributed by atoms with van der Waals surface area (Å²) >= 11 is 0. The van der Waals surface area contributed by atoms with Crippen molar-refractivity contribution < 1.29 is 19.4 Å². The zero-order chi connectivity index (χ0) is 17.0. The van der Waals surface area contributed by atoms with Crippen LogP contribution in [0.1, 0.15) is 65.7 Å². The topological polar surface area (TPSA) is 78.9 Å². The lowest BCUT2D eigenvalue weighted by Gasteiger charge is -2.41. The second kappa shape index (κ2) is 7.51. The standard InChI is InChI=1S/C17H30N2O4/c1-17(2,3)23-16(22)18-13-9-8-12(20)11-14(13)19-10-6-4-5-7-15(19)21/h12-14,20H,4-11H2,1-3H3,(H,18,22). The van der Waals surface area contributed by atoms with Gasteiger partial charge in [0.05, 0.1) is 18.2 Å². The molecule has 0 aromatic carbocycles. The van der Waals surface area contributed by atoms with Gasteiger partial charge >= 0.3 is 6.09 Å². The molecule has 0 spiro atoms. The highest BCUT2D eigenvalue weighted by Gasteiger charge is 2.37. The number of carbonyl (C=O) groups is 2. The fourth-order valence-electron chi connectivity index (χ4n) is 3.45. The maximum atomic E-state index is 12.4. The average Bonchev–Trinajstić information content (AvgIpc) is 2.63. The van der Waals surface area contributed by atoms with Crippen molar-refractivity contribution in [2.24, 2.45) is 0 Å². The molecule has 3 unspecified atom stereocenters. The zero-order valence-corrected chi connectivity index (χ0v) is 14.5. The van der Waals surface area contributed by atoms with E-state index < -0.39 is 17.8 Å². The van der Waals surface area contributed by atoms with E-state index >= 15 is 0 Å². The molecule has 2 N–H and O–H groups in total. The first-order valence-electron chi connectivity index (χ1n) is 8.73. The number of likely N-dealkylation sites (tertiary alicyclic amines) is 1. The number of ether oxygens (including phenoxy) is 1. The molecule has 2 fully saturated rings. The van der Waals surface area contributed by atoms with Gasteiger partial charge in [-0.15, -0.1) is 0 Å². The number of alkyl carbamates (subject to hydrolysis) is 1. The zero-order valence-electron chi connectivity index (χ0n) is 14.5. The summed E-state index contributed by atoms with van der Waals surface area (Å²) in [5.41, 5.74) is -0.549. The van der Waals surface area contributed by atoms with E-state index in [2.05, 4.69) is 5.32 Å². The van der Waals surface area contributed by atoms with Crippen LogP contribution in [-0.4, -0.2) is 52.3 Å². The fourth-order valence-corrected chi connectivity index (χ4v) is 3.45. The highest BCUT2D eigenvalue weighted by molar-refractivity contribution is 5.77. The Labute approximate surface area is 138 Å². The molecule has 1 aliphatic carbocycles. The number of hydrogen-bond donors (Lipinski definition) is 2. The predicted octanol–water partition coefficient (Wildman–Crippen LogP) is 2.20. The van der Waals surface area contributed by atoms with Gasteiger partial charge in [-0.05, 0) is 52.9 Å². The number of carbonyl (C=O) groups excluding carboxylic acids is 2. The molecule has 1 heterocycles. The molecule has 3 atom stereocenters. The largest absolute Gasteiger partial charge is 0.444 e. The summed E-state index contributed by atoms with van der Waals surface area (Å²) in [5, 5.41) is 12.9. The van der Waals surface area contributed by atoms with Crippen molar-refractivity contribution in [3.05, 3.63) is 0 Å². The number of nitrogens with zero attached hydrogens (tertiary/aromatic N) is 1. The second-order valence-electron chi connectivity index (χ2n) is 7.68. The maximum absolute atomic E-state index is 12.4. The van der Waals surface area contributed by atoms with Crippen molar-refractivity contribution >= 4 is 12.0 Å². The number of aliphatic hydroxyl groups excluding tert-OH is 1. The minimum Gasteiger partial charge on any atom is -0.444 e. The number of aliphatic hydroxyl groups is 1. The van der Waals surface area contributed by atoms with Gasteiger partial charge in [0.15, 0.2) is 0 Å². The Balaban J connectivity index is 2.06. The smallest absolute Gasteiger partial charge is 0.407 e. The molecule has 1 saturated carbocycles. The van der Waals surface area contributed by atoms with Crippen molar-refractivity contribution in [2.75, 3.05) is 6.54 Å². The first-order chi connectivity index (χ1) is 10.8. The summed E-state index contributed by atoms with van der Waals surface area (Å²) < 4.78 is 5.34. The summed E-state index contributed by atoms with van der Waals surface area (Å²) in [6.45, 7) is 6.19. The number of amides is 2. The summed E-state index contributed by atoms with van der Waals surface area (Å²) in [4.78, 5) is 26.3. The van der Waals surface area contributed by atoms with Crippen molar-refractivity contribution in [1.82, 2.24) is 10.2 Å². The van der Waals surface area contributed by atoms with E-state index in [1.807, 2.05) is 25.7 Å². The summed E-state index contributed by atoms with van der Waals surface area (Å²) in [5.74, 6) is 0.137. The quantitative estimate of drug-likeness (QED) is 0.815. The predicted molar refractivity (Wildman–Crippen MR) is 87.0 cm³/mol. The van der Waals surface area contributed by atoms with Gasteiger partial charge in [0, 0.05) is 13.0 Å². The van der Waals surface area contributed by atoms with Crippen LogP contribution in [0.25, 0.3) is 0 Å². The van der Waals surface area contributed by atoms with Crippen molar-refractivity contribution in [3.8, 4) is 0 Å². The van der Waals surface area contributed by atoms with E-state index in [9.17, 15) is 14.7 Å². The Hall–Kier alpha value is -1.30. The van der Waals surface area contributed by atoms with Gasteiger partial charge in [-0.25, -0.2) is 4.79 Å². The van der Waals surface area contributed by atoms with Gasteiger partial charge in [-0.1, -0.05) is 6.42 Å². The lowest BCUT2D eigenvalue weighted by atomic mass is 9.87. The molecule has 6 nitrogen and oxygen atoms in total. The minimum absolute atomic E-state index is 0.137. The number of rotatable bonds is 2. The van der Waals surface area contributed by atoms with E-state index in [1.165, 1.54) is 0 Å². The van der Waals surface area contributed by atoms with Crippen LogP contribution < -0.4 is 5.32 Å². The molecular weight excluding hydrogens is 296 g/mol. The van der Waals surface area contributed by atoms with Gasteiger partial charge in [0.2, 0.25) is 5.91 Å². The lowest BCUT2D eigenvalue weighted by Crippen LogP contribution is -2.57. The van der Waals surface area contributed by atoms with Crippen LogP contribution in [0.2, 0.25) is 0 Å². The molecule has 0 bridgehead atoms. The van der Waals surface area contributed by atoms with Crippen molar-refractivity contribution in [1.29, 1.82) is 0 Å². The van der Waals surface area contributed by atoms with Crippen LogP contribution in [0, 0.1) is 0 Å². The average molecular weight is 326 g/mol. The molecule has 23 heavy (non-hydrogen) atoms. The lowest BCUT2D eigenvalue weighted by molar-refractivity contribution is -0.135. The first-order valence-corrected chi connectivity index (χ1v) is 8.73. The maximum Gasteiger partial charge on any atom is 0.407 e. The van der Waals surface area contributed by atoms with E-state index in [0.717, 1.165) is 19.3 Å². The molecule has 0 aromatic rings. The molecule has 2 aliphatic rings. The molecular formula is C17H30N2O4. The second-order valence-corrected chi connectivity index (χ2v) is 7.68. The SMILES string of the molecule is CC(C)(C)OC(=O)NC1CCC(O)CC1N1CCCCCC1=O. The van der Waals surface area contributed by atoms with Crippen LogP contribution in [0.4, 0.5) is 4.79 Å². The van der Waals surface area contributed by atoms with E-state index in [-0.39, 0.29) is 18.0 Å². The van der Waals surface area contributed by atoms with E-state index in [1.54, 1.807) is 0 Å². The molecule has 0 aromatic heterocycles.